The molecule has 2 aliphatic heterocycles. The molecule has 0 aliphatic carbocycles. The van der Waals surface area contributed by atoms with Gasteiger partial charge in [-0.25, -0.2) is 5.32 Å². The van der Waals surface area contributed by atoms with E-state index in [0.29, 0.717) is 25.9 Å². The first-order chi connectivity index (χ1) is 12.7. The van der Waals surface area contributed by atoms with Crippen LogP contribution in [0.15, 0.2) is 24.3 Å². The third-order valence-electron chi connectivity index (χ3n) is 5.55. The summed E-state index contributed by atoms with van der Waals surface area (Å²) in [6, 6.07) is 7.77. The van der Waals surface area contributed by atoms with E-state index in [2.05, 4.69) is 31.4 Å². The van der Waals surface area contributed by atoms with Crippen LogP contribution in [0.25, 0.3) is 0 Å². The van der Waals surface area contributed by atoms with Gasteiger partial charge in [0.15, 0.2) is 0 Å². The Bertz CT molecular complexity index is 688. The minimum atomic E-state index is -0.465. The Morgan fingerprint density at radius 3 is 2.44 bits per heavy atom. The highest BCUT2D eigenvalue weighted by molar-refractivity contribution is 7.98. The van der Waals surface area contributed by atoms with Crippen LogP contribution < -0.4 is 10.6 Å². The summed E-state index contributed by atoms with van der Waals surface area (Å²) in [6.07, 6.45) is 4.25. The number of hydrogen-bond acceptors (Lipinski definition) is 4. The Morgan fingerprint density at radius 2 is 1.89 bits per heavy atom. The van der Waals surface area contributed by atoms with Crippen molar-refractivity contribution in [3.8, 4) is 0 Å². The van der Waals surface area contributed by atoms with E-state index in [1.165, 1.54) is 5.56 Å². The first kappa shape index (κ1) is 20.2. The second-order valence-electron chi connectivity index (χ2n) is 8.58. The van der Waals surface area contributed by atoms with Gasteiger partial charge in [0, 0.05) is 31.5 Å². The lowest BCUT2D eigenvalue weighted by Crippen LogP contribution is -2.56. The van der Waals surface area contributed by atoms with Crippen LogP contribution in [-0.2, 0) is 10.2 Å². The van der Waals surface area contributed by atoms with Gasteiger partial charge in [0.25, 0.3) is 11.8 Å². The molecule has 27 heavy (non-hydrogen) atoms. The molecule has 5 nitrogen and oxygen atoms in total. The molecule has 1 spiro atoms. The molecular weight excluding hydrogens is 358 g/mol. The van der Waals surface area contributed by atoms with Crippen LogP contribution in [0.4, 0.5) is 0 Å². The number of carbonyl (C=O) groups is 2. The zero-order chi connectivity index (χ0) is 19.7. The first-order valence-electron chi connectivity index (χ1n) is 9.67. The molecule has 2 saturated heterocycles. The highest BCUT2D eigenvalue weighted by atomic mass is 32.2. The largest absolute Gasteiger partial charge is 0.338 e. The van der Waals surface area contributed by atoms with Crippen molar-refractivity contribution in [1.82, 2.24) is 15.5 Å². The average Bonchev–Trinajstić information content (AvgIpc) is 2.94. The molecule has 0 bridgehead atoms. The number of thioether (sulfide) groups is 1. The minimum Gasteiger partial charge on any atom is -0.338 e. The van der Waals surface area contributed by atoms with E-state index >= 15 is 0 Å². The molecule has 2 fully saturated rings. The number of piperidine rings is 1. The minimum absolute atomic E-state index is 0.0263. The number of hydrogen-bond donors (Lipinski definition) is 1. The molecule has 6 heteroatoms. The molecule has 2 heterocycles. The predicted octanol–water partition coefficient (Wildman–Crippen LogP) is 2.77. The van der Waals surface area contributed by atoms with Crippen molar-refractivity contribution in [2.24, 2.45) is 0 Å². The summed E-state index contributed by atoms with van der Waals surface area (Å²) in [5, 5.41) is 7.87. The number of rotatable bonds is 4. The van der Waals surface area contributed by atoms with Gasteiger partial charge in [-0.1, -0.05) is 32.9 Å². The summed E-state index contributed by atoms with van der Waals surface area (Å²) in [7, 11) is 0. The number of likely N-dealkylation sites (tertiary alicyclic amines) is 1. The van der Waals surface area contributed by atoms with Crippen LogP contribution in [-0.4, -0.2) is 53.5 Å². The molecule has 1 aromatic rings. The second-order valence-corrected chi connectivity index (χ2v) is 9.57. The Hall–Kier alpha value is -1.53. The van der Waals surface area contributed by atoms with Crippen molar-refractivity contribution in [2.45, 2.75) is 57.2 Å². The summed E-state index contributed by atoms with van der Waals surface area (Å²) < 4.78 is 0. The van der Waals surface area contributed by atoms with Crippen LogP contribution >= 0.6 is 11.8 Å². The monoisotopic (exact) mass is 388 g/mol. The van der Waals surface area contributed by atoms with E-state index in [9.17, 15) is 9.59 Å². The lowest BCUT2D eigenvalue weighted by Gasteiger charge is -2.38. The summed E-state index contributed by atoms with van der Waals surface area (Å²) in [5.41, 5.74) is 1.56. The maximum atomic E-state index is 12.8. The molecule has 147 valence electrons. The zero-order valence-corrected chi connectivity index (χ0v) is 17.6. The summed E-state index contributed by atoms with van der Waals surface area (Å²) >= 11 is 1.74. The number of nitrogens with zero attached hydrogens (tertiary/aromatic N) is 2. The van der Waals surface area contributed by atoms with Crippen molar-refractivity contribution in [2.75, 3.05) is 25.1 Å². The SMILES string of the molecule is CSCCC1NC2(CCN(C(=O)c3ccc(C(C)(C)C)cc3)CC2)[N]C1=O. The van der Waals surface area contributed by atoms with E-state index in [4.69, 9.17) is 0 Å². The number of carbonyl (C=O) groups excluding carboxylic acids is 2. The lowest BCUT2D eigenvalue weighted by molar-refractivity contribution is -0.121. The van der Waals surface area contributed by atoms with Crippen molar-refractivity contribution in [3.63, 3.8) is 0 Å². The number of benzene rings is 1. The summed E-state index contributed by atoms with van der Waals surface area (Å²) in [6.45, 7) is 7.75. The quantitative estimate of drug-likeness (QED) is 0.861. The van der Waals surface area contributed by atoms with Crippen molar-refractivity contribution in [1.29, 1.82) is 0 Å². The lowest BCUT2D eigenvalue weighted by atomic mass is 9.86. The van der Waals surface area contributed by atoms with E-state index in [1.54, 1.807) is 11.8 Å². The first-order valence-corrected chi connectivity index (χ1v) is 11.1. The fourth-order valence-corrected chi connectivity index (χ4v) is 4.24. The fraction of sp³-hybridized carbons (Fsp3) is 0.619. The van der Waals surface area contributed by atoms with Crippen molar-refractivity contribution < 1.29 is 9.59 Å². The predicted molar refractivity (Wildman–Crippen MR) is 110 cm³/mol. The molecule has 0 saturated carbocycles. The zero-order valence-electron chi connectivity index (χ0n) is 16.7. The molecule has 1 unspecified atom stereocenters. The van der Waals surface area contributed by atoms with Gasteiger partial charge >= 0.3 is 0 Å². The molecule has 2 amide bonds. The van der Waals surface area contributed by atoms with Gasteiger partial charge in [0.2, 0.25) is 0 Å². The fourth-order valence-electron chi connectivity index (χ4n) is 3.77. The van der Waals surface area contributed by atoms with Crippen LogP contribution in [0, 0.1) is 0 Å². The normalized spacial score (nSPS) is 22.1. The van der Waals surface area contributed by atoms with Gasteiger partial charge in [-0.2, -0.15) is 11.8 Å². The van der Waals surface area contributed by atoms with Gasteiger partial charge in [0.05, 0.1) is 6.04 Å². The Balaban J connectivity index is 1.59. The van der Waals surface area contributed by atoms with Gasteiger partial charge in [-0.3, -0.25) is 14.9 Å². The van der Waals surface area contributed by atoms with E-state index < -0.39 is 5.66 Å². The van der Waals surface area contributed by atoms with Gasteiger partial charge < -0.3 is 4.90 Å². The number of amides is 2. The van der Waals surface area contributed by atoms with Crippen LogP contribution in [0.2, 0.25) is 0 Å². The standard InChI is InChI=1S/C21H30N3O2S/c1-20(2,3)16-7-5-15(6-8-16)19(26)24-12-10-21(11-13-24)22-17(9-14-27-4)18(25)23-21/h5-8,17,22H,9-14H2,1-4H3. The molecule has 3 rings (SSSR count). The second kappa shape index (κ2) is 7.84. The van der Waals surface area contributed by atoms with Gasteiger partial charge in [-0.15, -0.1) is 0 Å². The molecule has 1 aromatic carbocycles. The summed E-state index contributed by atoms with van der Waals surface area (Å²) in [5.74, 6) is 0.986. The van der Waals surface area contributed by atoms with Gasteiger partial charge in [0.1, 0.15) is 5.66 Å². The molecule has 1 N–H and O–H groups in total. The van der Waals surface area contributed by atoms with Crippen LogP contribution in [0.5, 0.6) is 0 Å². The third-order valence-corrected chi connectivity index (χ3v) is 6.20. The third kappa shape index (κ3) is 4.49. The van der Waals surface area contributed by atoms with Crippen molar-refractivity contribution >= 4 is 23.6 Å². The molecule has 0 aromatic heterocycles. The Morgan fingerprint density at radius 1 is 1.26 bits per heavy atom. The van der Waals surface area contributed by atoms with Crippen LogP contribution in [0.3, 0.4) is 0 Å². The van der Waals surface area contributed by atoms with Gasteiger partial charge in [-0.05, 0) is 41.5 Å². The topological polar surface area (TPSA) is 63.5 Å². The molecular formula is C21H30N3O2S. The molecule has 2 aliphatic rings. The Kier molecular flexibility index (Phi) is 5.87. The van der Waals surface area contributed by atoms with E-state index in [-0.39, 0.29) is 23.3 Å². The maximum Gasteiger partial charge on any atom is 0.260 e. The maximum absolute atomic E-state index is 12.8. The number of nitrogens with one attached hydrogen (secondary N) is 1. The average molecular weight is 389 g/mol. The van der Waals surface area contributed by atoms with Crippen molar-refractivity contribution in [3.05, 3.63) is 35.4 Å². The van der Waals surface area contributed by atoms with E-state index in [0.717, 1.165) is 17.7 Å². The molecule has 1 atom stereocenters. The smallest absolute Gasteiger partial charge is 0.260 e. The highest BCUT2D eigenvalue weighted by Gasteiger charge is 2.47. The Labute approximate surface area is 166 Å². The van der Waals surface area contributed by atoms with E-state index in [1.807, 2.05) is 35.4 Å². The summed E-state index contributed by atoms with van der Waals surface area (Å²) in [4.78, 5) is 26.9. The molecule has 1 radical (unpaired) electrons. The van der Waals surface area contributed by atoms with Crippen LogP contribution in [0.1, 0.15) is 56.0 Å². The highest BCUT2D eigenvalue weighted by Crippen LogP contribution is 2.28.